The first-order valence-electron chi connectivity index (χ1n) is 6.14. The SMILES string of the molecule is Nc1cccc(OCCC(=O)OCc2ncccn2)c1. The van der Waals surface area contributed by atoms with Gasteiger partial charge in [-0.2, -0.15) is 0 Å². The number of benzene rings is 1. The summed E-state index contributed by atoms with van der Waals surface area (Å²) < 4.78 is 10.4. The molecule has 6 nitrogen and oxygen atoms in total. The summed E-state index contributed by atoms with van der Waals surface area (Å²) in [6, 6.07) is 8.73. The van der Waals surface area contributed by atoms with Crippen LogP contribution in [0.25, 0.3) is 0 Å². The summed E-state index contributed by atoms with van der Waals surface area (Å²) in [6.07, 6.45) is 3.35. The highest BCUT2D eigenvalue weighted by molar-refractivity contribution is 5.69. The fraction of sp³-hybridized carbons (Fsp3) is 0.214. The van der Waals surface area contributed by atoms with Gasteiger partial charge in [0.2, 0.25) is 0 Å². The molecule has 0 amide bonds. The number of nitrogens with two attached hydrogens (primary N) is 1. The van der Waals surface area contributed by atoms with Gasteiger partial charge in [0.05, 0.1) is 13.0 Å². The molecule has 0 radical (unpaired) electrons. The van der Waals surface area contributed by atoms with Crippen LogP contribution in [0.4, 0.5) is 5.69 Å². The fourth-order valence-electron chi connectivity index (χ4n) is 1.48. The van der Waals surface area contributed by atoms with Crippen LogP contribution in [0.2, 0.25) is 0 Å². The van der Waals surface area contributed by atoms with Crippen molar-refractivity contribution in [2.45, 2.75) is 13.0 Å². The van der Waals surface area contributed by atoms with Crippen molar-refractivity contribution in [2.24, 2.45) is 0 Å². The van der Waals surface area contributed by atoms with Gasteiger partial charge in [-0.15, -0.1) is 0 Å². The van der Waals surface area contributed by atoms with Gasteiger partial charge in [-0.25, -0.2) is 9.97 Å². The molecule has 0 bridgehead atoms. The van der Waals surface area contributed by atoms with Gasteiger partial charge in [0, 0.05) is 24.1 Å². The van der Waals surface area contributed by atoms with Crippen molar-refractivity contribution in [3.05, 3.63) is 48.5 Å². The Balaban J connectivity index is 1.68. The van der Waals surface area contributed by atoms with Crippen molar-refractivity contribution in [1.29, 1.82) is 0 Å². The predicted molar refractivity (Wildman–Crippen MR) is 72.8 cm³/mol. The largest absolute Gasteiger partial charge is 0.493 e. The first-order chi connectivity index (χ1) is 9.74. The highest BCUT2D eigenvalue weighted by atomic mass is 16.5. The Morgan fingerprint density at radius 3 is 2.75 bits per heavy atom. The lowest BCUT2D eigenvalue weighted by molar-refractivity contribution is -0.145. The average molecular weight is 273 g/mol. The Hall–Kier alpha value is -2.63. The van der Waals surface area contributed by atoms with E-state index >= 15 is 0 Å². The van der Waals surface area contributed by atoms with Crippen molar-refractivity contribution in [3.8, 4) is 5.75 Å². The van der Waals surface area contributed by atoms with Crippen LogP contribution in [0.1, 0.15) is 12.2 Å². The van der Waals surface area contributed by atoms with Crippen LogP contribution in [0, 0.1) is 0 Å². The molecule has 104 valence electrons. The molecular weight excluding hydrogens is 258 g/mol. The number of carbonyl (C=O) groups is 1. The maximum absolute atomic E-state index is 11.5. The molecule has 0 spiro atoms. The molecule has 2 rings (SSSR count). The van der Waals surface area contributed by atoms with Crippen LogP contribution in [-0.4, -0.2) is 22.5 Å². The summed E-state index contributed by atoms with van der Waals surface area (Å²) in [7, 11) is 0. The number of ether oxygens (including phenoxy) is 2. The summed E-state index contributed by atoms with van der Waals surface area (Å²) in [5.74, 6) is 0.739. The second-order valence-electron chi connectivity index (χ2n) is 4.00. The lowest BCUT2D eigenvalue weighted by Crippen LogP contribution is -2.11. The molecule has 1 aromatic heterocycles. The van der Waals surface area contributed by atoms with Gasteiger partial charge < -0.3 is 15.2 Å². The Labute approximate surface area is 116 Å². The number of hydrogen-bond donors (Lipinski definition) is 1. The first kappa shape index (κ1) is 13.8. The van der Waals surface area contributed by atoms with Gasteiger partial charge >= 0.3 is 5.97 Å². The van der Waals surface area contributed by atoms with Crippen molar-refractivity contribution in [3.63, 3.8) is 0 Å². The minimum absolute atomic E-state index is 0.0674. The number of anilines is 1. The van der Waals surface area contributed by atoms with E-state index in [9.17, 15) is 4.79 Å². The lowest BCUT2D eigenvalue weighted by Gasteiger charge is -2.07. The van der Waals surface area contributed by atoms with Crippen molar-refractivity contribution >= 4 is 11.7 Å². The van der Waals surface area contributed by atoms with E-state index in [2.05, 4.69) is 9.97 Å². The van der Waals surface area contributed by atoms with Crippen LogP contribution in [0.5, 0.6) is 5.75 Å². The second kappa shape index (κ2) is 7.08. The third kappa shape index (κ3) is 4.56. The monoisotopic (exact) mass is 273 g/mol. The average Bonchev–Trinajstić information content (AvgIpc) is 2.46. The van der Waals surface area contributed by atoms with Crippen molar-refractivity contribution in [2.75, 3.05) is 12.3 Å². The zero-order chi connectivity index (χ0) is 14.2. The molecule has 0 saturated heterocycles. The van der Waals surface area contributed by atoms with Gasteiger partial charge in [0.1, 0.15) is 5.75 Å². The molecule has 0 atom stereocenters. The molecule has 0 aliphatic heterocycles. The zero-order valence-electron chi connectivity index (χ0n) is 10.9. The Bertz CT molecular complexity index is 561. The molecule has 0 aliphatic carbocycles. The fourth-order valence-corrected chi connectivity index (χ4v) is 1.48. The minimum atomic E-state index is -0.360. The molecule has 0 unspecified atom stereocenters. The van der Waals surface area contributed by atoms with Crippen molar-refractivity contribution in [1.82, 2.24) is 9.97 Å². The summed E-state index contributed by atoms with van der Waals surface area (Å²) in [5.41, 5.74) is 6.23. The third-order valence-corrected chi connectivity index (χ3v) is 2.41. The van der Waals surface area contributed by atoms with Gasteiger partial charge in [-0.3, -0.25) is 4.79 Å². The van der Waals surface area contributed by atoms with Crippen LogP contribution in [0.3, 0.4) is 0 Å². The van der Waals surface area contributed by atoms with Crippen LogP contribution < -0.4 is 10.5 Å². The van der Waals surface area contributed by atoms with Crippen LogP contribution in [0.15, 0.2) is 42.7 Å². The minimum Gasteiger partial charge on any atom is -0.493 e. The summed E-state index contributed by atoms with van der Waals surface area (Å²) in [4.78, 5) is 19.4. The van der Waals surface area contributed by atoms with Crippen LogP contribution in [-0.2, 0) is 16.1 Å². The number of carbonyl (C=O) groups excluding carboxylic acids is 1. The Kier molecular flexibility index (Phi) is 4.88. The van der Waals surface area contributed by atoms with E-state index in [1.54, 1.807) is 42.7 Å². The number of aromatic nitrogens is 2. The standard InChI is InChI=1S/C14H15N3O3/c15-11-3-1-4-12(9-11)19-8-5-14(18)20-10-13-16-6-2-7-17-13/h1-4,6-7,9H,5,8,10,15H2. The Morgan fingerprint density at radius 2 is 2.00 bits per heavy atom. The molecule has 2 N–H and O–H groups in total. The molecule has 2 aromatic rings. The summed E-state index contributed by atoms with van der Waals surface area (Å²) in [5, 5.41) is 0. The number of nitrogen functional groups attached to an aromatic ring is 1. The molecular formula is C14H15N3O3. The van der Waals surface area contributed by atoms with Gasteiger partial charge in [-0.1, -0.05) is 6.07 Å². The van der Waals surface area contributed by atoms with E-state index in [4.69, 9.17) is 15.2 Å². The van der Waals surface area contributed by atoms with E-state index in [1.165, 1.54) is 0 Å². The normalized spacial score (nSPS) is 10.0. The molecule has 0 saturated carbocycles. The zero-order valence-corrected chi connectivity index (χ0v) is 10.9. The quantitative estimate of drug-likeness (QED) is 0.635. The number of rotatable bonds is 6. The maximum Gasteiger partial charge on any atom is 0.309 e. The van der Waals surface area contributed by atoms with E-state index in [0.29, 0.717) is 17.3 Å². The lowest BCUT2D eigenvalue weighted by atomic mass is 10.3. The topological polar surface area (TPSA) is 87.3 Å². The highest BCUT2D eigenvalue weighted by Crippen LogP contribution is 2.14. The number of hydrogen-bond acceptors (Lipinski definition) is 6. The third-order valence-electron chi connectivity index (χ3n) is 2.41. The molecule has 0 fully saturated rings. The van der Waals surface area contributed by atoms with E-state index < -0.39 is 0 Å². The Morgan fingerprint density at radius 1 is 1.20 bits per heavy atom. The highest BCUT2D eigenvalue weighted by Gasteiger charge is 2.05. The molecule has 6 heteroatoms. The van der Waals surface area contributed by atoms with Crippen molar-refractivity contribution < 1.29 is 14.3 Å². The van der Waals surface area contributed by atoms with E-state index in [1.807, 2.05) is 0 Å². The molecule has 0 aliphatic rings. The number of nitrogens with zero attached hydrogens (tertiary/aromatic N) is 2. The predicted octanol–water partition coefficient (Wildman–Crippen LogP) is 1.57. The molecule has 1 aromatic carbocycles. The molecule has 1 heterocycles. The summed E-state index contributed by atoms with van der Waals surface area (Å²) in [6.45, 7) is 0.301. The first-order valence-corrected chi connectivity index (χ1v) is 6.14. The van der Waals surface area contributed by atoms with Crippen LogP contribution >= 0.6 is 0 Å². The van der Waals surface area contributed by atoms with Gasteiger partial charge in [0.15, 0.2) is 12.4 Å². The molecule has 20 heavy (non-hydrogen) atoms. The van der Waals surface area contributed by atoms with Gasteiger partial charge in [0.25, 0.3) is 0 Å². The van der Waals surface area contributed by atoms with E-state index in [-0.39, 0.29) is 25.6 Å². The summed E-state index contributed by atoms with van der Waals surface area (Å²) >= 11 is 0. The maximum atomic E-state index is 11.5. The smallest absolute Gasteiger partial charge is 0.309 e. The second-order valence-corrected chi connectivity index (χ2v) is 4.00. The number of esters is 1. The van der Waals surface area contributed by atoms with Gasteiger partial charge in [-0.05, 0) is 18.2 Å². The van der Waals surface area contributed by atoms with E-state index in [0.717, 1.165) is 0 Å².